The molecule has 146 valence electrons. The quantitative estimate of drug-likeness (QED) is 0.716. The molecule has 0 aliphatic rings. The monoisotopic (exact) mass is 423 g/mol. The Labute approximate surface area is 157 Å². The normalized spacial score (nSPS) is 11.7. The molecular weight excluding hydrogens is 411 g/mol. The summed E-state index contributed by atoms with van der Waals surface area (Å²) in [6.07, 6.45) is -4.65. The first-order valence-corrected chi connectivity index (χ1v) is 9.08. The first kappa shape index (κ1) is 20.8. The first-order valence-electron chi connectivity index (χ1n) is 7.22. The maximum atomic E-state index is 12.8. The van der Waals surface area contributed by atoms with Crippen molar-refractivity contribution in [1.82, 2.24) is 0 Å². The summed E-state index contributed by atoms with van der Waals surface area (Å²) in [4.78, 5) is 10.8. The zero-order valence-corrected chi connectivity index (χ0v) is 15.3. The SMILES string of the molecule is COC(=O)COc1ccc(S(=O)(=O)Nc2cc(C(F)(F)F)ccc2Cl)cc1. The minimum atomic E-state index is -4.65. The van der Waals surface area contributed by atoms with Gasteiger partial charge in [0.25, 0.3) is 10.0 Å². The standard InChI is InChI=1S/C16H13ClF3NO5S/c1-25-15(22)9-26-11-3-5-12(6-4-11)27(23,24)21-14-8-10(16(18,19)20)2-7-13(14)17/h2-8,21H,9H2,1H3. The van der Waals surface area contributed by atoms with Gasteiger partial charge in [0.15, 0.2) is 6.61 Å². The number of esters is 1. The van der Waals surface area contributed by atoms with Crippen molar-refractivity contribution < 1.29 is 35.9 Å². The van der Waals surface area contributed by atoms with E-state index in [1.54, 1.807) is 0 Å². The molecule has 0 bridgehead atoms. The van der Waals surface area contributed by atoms with Gasteiger partial charge < -0.3 is 9.47 Å². The van der Waals surface area contributed by atoms with Gasteiger partial charge in [0.2, 0.25) is 0 Å². The molecule has 1 N–H and O–H groups in total. The lowest BCUT2D eigenvalue weighted by atomic mass is 10.2. The zero-order chi connectivity index (χ0) is 20.2. The summed E-state index contributed by atoms with van der Waals surface area (Å²) in [5.74, 6) is -0.413. The number of alkyl halides is 3. The molecule has 0 spiro atoms. The Bertz CT molecular complexity index is 930. The maximum Gasteiger partial charge on any atom is 0.416 e. The van der Waals surface area contributed by atoms with E-state index >= 15 is 0 Å². The first-order chi connectivity index (χ1) is 12.5. The number of hydrogen-bond acceptors (Lipinski definition) is 5. The van der Waals surface area contributed by atoms with Gasteiger partial charge in [-0.15, -0.1) is 0 Å². The lowest BCUT2D eigenvalue weighted by Gasteiger charge is -2.13. The van der Waals surface area contributed by atoms with Gasteiger partial charge in [-0.2, -0.15) is 13.2 Å². The minimum absolute atomic E-state index is 0.190. The van der Waals surface area contributed by atoms with E-state index < -0.39 is 33.4 Å². The smallest absolute Gasteiger partial charge is 0.416 e. The van der Waals surface area contributed by atoms with Gasteiger partial charge in [0, 0.05) is 0 Å². The number of anilines is 1. The van der Waals surface area contributed by atoms with Crippen LogP contribution < -0.4 is 9.46 Å². The average Bonchev–Trinajstić information content (AvgIpc) is 2.60. The van der Waals surface area contributed by atoms with Crippen LogP contribution in [0.4, 0.5) is 18.9 Å². The Balaban J connectivity index is 2.21. The van der Waals surface area contributed by atoms with Crippen LogP contribution in [0.2, 0.25) is 5.02 Å². The van der Waals surface area contributed by atoms with Crippen LogP contribution in [-0.2, 0) is 25.7 Å². The van der Waals surface area contributed by atoms with E-state index in [4.69, 9.17) is 16.3 Å². The number of rotatable bonds is 6. The molecule has 0 unspecified atom stereocenters. The lowest BCUT2D eigenvalue weighted by molar-refractivity contribution is -0.143. The van der Waals surface area contributed by atoms with Crippen LogP contribution in [0, 0.1) is 0 Å². The molecule has 0 radical (unpaired) electrons. The minimum Gasteiger partial charge on any atom is -0.482 e. The number of halogens is 4. The summed E-state index contributed by atoms with van der Waals surface area (Å²) in [5, 5.41) is -0.190. The third-order valence-electron chi connectivity index (χ3n) is 3.26. The molecule has 0 aliphatic carbocycles. The fourth-order valence-corrected chi connectivity index (χ4v) is 3.19. The molecule has 27 heavy (non-hydrogen) atoms. The molecule has 2 aromatic rings. The fourth-order valence-electron chi connectivity index (χ4n) is 1.90. The van der Waals surface area contributed by atoms with Crippen LogP contribution in [0.1, 0.15) is 5.56 Å². The van der Waals surface area contributed by atoms with Gasteiger partial charge in [-0.3, -0.25) is 4.72 Å². The predicted octanol–water partition coefficient (Wildman–Crippen LogP) is 3.71. The number of methoxy groups -OCH3 is 1. The molecule has 0 heterocycles. The van der Waals surface area contributed by atoms with Crippen LogP contribution in [0.25, 0.3) is 0 Å². The van der Waals surface area contributed by atoms with Crippen LogP contribution >= 0.6 is 11.6 Å². The number of benzene rings is 2. The zero-order valence-electron chi connectivity index (χ0n) is 13.7. The largest absolute Gasteiger partial charge is 0.482 e. The number of carbonyl (C=O) groups excluding carboxylic acids is 1. The van der Waals surface area contributed by atoms with Crippen LogP contribution in [0.15, 0.2) is 47.4 Å². The van der Waals surface area contributed by atoms with E-state index in [1.165, 1.54) is 19.2 Å². The molecule has 2 aromatic carbocycles. The van der Waals surface area contributed by atoms with Crippen LogP contribution in [0.3, 0.4) is 0 Å². The van der Waals surface area contributed by atoms with Crippen LogP contribution in [-0.4, -0.2) is 28.1 Å². The van der Waals surface area contributed by atoms with Crippen molar-refractivity contribution in [2.75, 3.05) is 18.4 Å². The molecular formula is C16H13ClF3NO5S. The molecule has 0 amide bonds. The summed E-state index contributed by atoms with van der Waals surface area (Å²) < 4.78 is 74.6. The maximum absolute atomic E-state index is 12.8. The van der Waals surface area contributed by atoms with E-state index in [2.05, 4.69) is 4.74 Å². The van der Waals surface area contributed by atoms with Crippen molar-refractivity contribution in [3.8, 4) is 5.75 Å². The summed E-state index contributed by atoms with van der Waals surface area (Å²) in [6, 6.07) is 7.19. The number of nitrogens with one attached hydrogen (secondary N) is 1. The van der Waals surface area contributed by atoms with Gasteiger partial charge in [-0.05, 0) is 42.5 Å². The fraction of sp³-hybridized carbons (Fsp3) is 0.188. The molecule has 0 saturated carbocycles. The van der Waals surface area contributed by atoms with Crippen molar-refractivity contribution in [3.05, 3.63) is 53.1 Å². The Morgan fingerprint density at radius 3 is 2.33 bits per heavy atom. The highest BCUT2D eigenvalue weighted by Gasteiger charge is 2.31. The Kier molecular flexibility index (Phi) is 6.22. The lowest BCUT2D eigenvalue weighted by Crippen LogP contribution is -2.15. The number of hydrogen-bond donors (Lipinski definition) is 1. The highest BCUT2D eigenvalue weighted by molar-refractivity contribution is 7.92. The molecule has 0 aromatic heterocycles. The summed E-state index contributed by atoms with van der Waals surface area (Å²) >= 11 is 5.79. The van der Waals surface area contributed by atoms with Crippen molar-refractivity contribution in [1.29, 1.82) is 0 Å². The topological polar surface area (TPSA) is 81.7 Å². The molecule has 11 heteroatoms. The molecule has 2 rings (SSSR count). The van der Waals surface area contributed by atoms with Crippen molar-refractivity contribution >= 4 is 33.3 Å². The molecule has 0 fully saturated rings. The van der Waals surface area contributed by atoms with Gasteiger partial charge >= 0.3 is 12.1 Å². The molecule has 0 atom stereocenters. The Morgan fingerprint density at radius 1 is 1.15 bits per heavy atom. The van der Waals surface area contributed by atoms with Crippen molar-refractivity contribution in [2.24, 2.45) is 0 Å². The summed E-state index contributed by atoms with van der Waals surface area (Å²) in [6.45, 7) is -0.360. The second kappa shape index (κ2) is 8.05. The van der Waals surface area contributed by atoms with Gasteiger partial charge in [-0.1, -0.05) is 11.6 Å². The third-order valence-corrected chi connectivity index (χ3v) is 4.97. The number of ether oxygens (including phenoxy) is 2. The van der Waals surface area contributed by atoms with Crippen molar-refractivity contribution in [2.45, 2.75) is 11.1 Å². The third kappa shape index (κ3) is 5.51. The van der Waals surface area contributed by atoms with E-state index in [9.17, 15) is 26.4 Å². The summed E-state index contributed by atoms with van der Waals surface area (Å²) in [5.41, 5.74) is -1.45. The highest BCUT2D eigenvalue weighted by Crippen LogP contribution is 2.34. The van der Waals surface area contributed by atoms with Crippen molar-refractivity contribution in [3.63, 3.8) is 0 Å². The number of sulfonamides is 1. The highest BCUT2D eigenvalue weighted by atomic mass is 35.5. The predicted molar refractivity (Wildman–Crippen MR) is 91.2 cm³/mol. The average molecular weight is 424 g/mol. The van der Waals surface area contributed by atoms with E-state index in [-0.39, 0.29) is 22.3 Å². The van der Waals surface area contributed by atoms with E-state index in [1.807, 2.05) is 4.72 Å². The Hall–Kier alpha value is -2.46. The molecule has 6 nitrogen and oxygen atoms in total. The molecule has 0 saturated heterocycles. The van der Waals surface area contributed by atoms with E-state index in [0.29, 0.717) is 6.07 Å². The summed E-state index contributed by atoms with van der Waals surface area (Å²) in [7, 11) is -3.01. The van der Waals surface area contributed by atoms with Gasteiger partial charge in [0.05, 0.1) is 28.3 Å². The second-order valence-corrected chi connectivity index (χ2v) is 7.22. The number of carbonyl (C=O) groups is 1. The van der Waals surface area contributed by atoms with Gasteiger partial charge in [-0.25, -0.2) is 13.2 Å². The van der Waals surface area contributed by atoms with Gasteiger partial charge in [0.1, 0.15) is 5.75 Å². The van der Waals surface area contributed by atoms with Crippen LogP contribution in [0.5, 0.6) is 5.75 Å². The Morgan fingerprint density at radius 2 is 1.78 bits per heavy atom. The van der Waals surface area contributed by atoms with E-state index in [0.717, 1.165) is 24.3 Å². The molecule has 0 aliphatic heterocycles. The second-order valence-electron chi connectivity index (χ2n) is 5.13.